The van der Waals surface area contributed by atoms with Crippen molar-refractivity contribution in [3.05, 3.63) is 70.2 Å². The number of alkyl halides is 3. The van der Waals surface area contributed by atoms with Gasteiger partial charge in [-0.25, -0.2) is 4.39 Å². The summed E-state index contributed by atoms with van der Waals surface area (Å²) in [6.07, 6.45) is -4.58. The number of nitrogens with one attached hydrogen (secondary N) is 1. The summed E-state index contributed by atoms with van der Waals surface area (Å²) in [5.74, 6) is -0.955. The molecule has 0 spiro atoms. The number of rotatable bonds is 6. The van der Waals surface area contributed by atoms with Crippen molar-refractivity contribution in [1.82, 2.24) is 0 Å². The zero-order valence-electron chi connectivity index (χ0n) is 17.4. The number of benzene rings is 2. The number of allylic oxidation sites excluding steroid dienone is 1. The van der Waals surface area contributed by atoms with Crippen molar-refractivity contribution in [3.63, 3.8) is 0 Å². The van der Waals surface area contributed by atoms with Crippen LogP contribution in [0.4, 0.5) is 23.2 Å². The standard InChI is InChI=1S/C23H19F4N3O3/c1-2-33-20-10-21(31)29-12-17(20)13-3-4-14(19(24)7-13)8-22(32)30-16-6-5-15(11-28)18(9-16)23(25,26)27/h3-7,9,12,21,31H,2,8,10H2,1H3,(H,30,32). The lowest BCUT2D eigenvalue weighted by Gasteiger charge is -2.19. The van der Waals surface area contributed by atoms with Gasteiger partial charge in [0, 0.05) is 17.5 Å². The van der Waals surface area contributed by atoms with Gasteiger partial charge in [-0.1, -0.05) is 12.1 Å². The third-order valence-electron chi connectivity index (χ3n) is 4.81. The van der Waals surface area contributed by atoms with E-state index in [9.17, 15) is 27.5 Å². The van der Waals surface area contributed by atoms with Crippen LogP contribution in [0.15, 0.2) is 47.1 Å². The number of anilines is 1. The minimum absolute atomic E-state index is 0.0345. The van der Waals surface area contributed by atoms with E-state index in [1.165, 1.54) is 30.5 Å². The molecule has 0 aromatic heterocycles. The number of ether oxygens (including phenoxy) is 1. The lowest BCUT2D eigenvalue weighted by molar-refractivity contribution is -0.137. The fourth-order valence-corrected chi connectivity index (χ4v) is 3.30. The Morgan fingerprint density at radius 3 is 2.70 bits per heavy atom. The van der Waals surface area contributed by atoms with Gasteiger partial charge in [0.1, 0.15) is 11.6 Å². The minimum atomic E-state index is -4.76. The minimum Gasteiger partial charge on any atom is -0.497 e. The van der Waals surface area contributed by atoms with Gasteiger partial charge in [-0.2, -0.15) is 18.4 Å². The van der Waals surface area contributed by atoms with Crippen molar-refractivity contribution in [2.75, 3.05) is 11.9 Å². The Balaban J connectivity index is 1.77. The molecule has 1 unspecified atom stereocenters. The molecule has 0 aliphatic carbocycles. The van der Waals surface area contributed by atoms with E-state index < -0.39 is 41.7 Å². The normalized spacial score (nSPS) is 15.8. The van der Waals surface area contributed by atoms with E-state index in [1.54, 1.807) is 13.0 Å². The highest BCUT2D eigenvalue weighted by Gasteiger charge is 2.34. The van der Waals surface area contributed by atoms with E-state index in [1.807, 2.05) is 0 Å². The molecule has 2 N–H and O–H groups in total. The number of amides is 1. The maximum Gasteiger partial charge on any atom is 0.417 e. The Hall–Kier alpha value is -3.71. The van der Waals surface area contributed by atoms with Gasteiger partial charge >= 0.3 is 6.18 Å². The molecule has 1 atom stereocenters. The number of dihydropyridines is 1. The molecule has 3 rings (SSSR count). The lowest BCUT2D eigenvalue weighted by atomic mass is 9.99. The second-order valence-corrected chi connectivity index (χ2v) is 7.13. The monoisotopic (exact) mass is 461 g/mol. The second-order valence-electron chi connectivity index (χ2n) is 7.13. The average Bonchev–Trinajstić information content (AvgIpc) is 2.75. The number of carbonyl (C=O) groups excluding carboxylic acids is 1. The molecular formula is C23H19F4N3O3. The summed E-state index contributed by atoms with van der Waals surface area (Å²) in [5, 5.41) is 20.8. The number of aliphatic hydroxyl groups excluding tert-OH is 1. The third kappa shape index (κ3) is 5.75. The fraction of sp³-hybridized carbons (Fsp3) is 0.261. The highest BCUT2D eigenvalue weighted by Crippen LogP contribution is 2.33. The van der Waals surface area contributed by atoms with Crippen molar-refractivity contribution in [2.24, 2.45) is 4.99 Å². The van der Waals surface area contributed by atoms with Crippen LogP contribution in [0.2, 0.25) is 0 Å². The van der Waals surface area contributed by atoms with Crippen LogP contribution in [0, 0.1) is 17.1 Å². The number of nitriles is 1. The Bertz CT molecular complexity index is 1170. The number of halogens is 4. The molecule has 1 amide bonds. The summed E-state index contributed by atoms with van der Waals surface area (Å²) >= 11 is 0. The molecule has 6 nitrogen and oxygen atoms in total. The highest BCUT2D eigenvalue weighted by atomic mass is 19.4. The summed E-state index contributed by atoms with van der Waals surface area (Å²) in [6, 6.07) is 8.40. The number of aliphatic hydroxyl groups is 1. The number of hydrogen-bond donors (Lipinski definition) is 2. The zero-order chi connectivity index (χ0) is 24.2. The molecule has 0 radical (unpaired) electrons. The quantitative estimate of drug-likeness (QED) is 0.622. The summed E-state index contributed by atoms with van der Waals surface area (Å²) in [4.78, 5) is 16.2. The van der Waals surface area contributed by atoms with Crippen LogP contribution in [0.25, 0.3) is 5.57 Å². The number of carbonyl (C=O) groups is 1. The predicted octanol–water partition coefficient (Wildman–Crippen LogP) is 4.44. The molecule has 172 valence electrons. The smallest absolute Gasteiger partial charge is 0.417 e. The maximum atomic E-state index is 14.7. The average molecular weight is 461 g/mol. The van der Waals surface area contributed by atoms with Gasteiger partial charge < -0.3 is 15.2 Å². The molecule has 2 aromatic carbocycles. The highest BCUT2D eigenvalue weighted by molar-refractivity contribution is 6.11. The van der Waals surface area contributed by atoms with E-state index >= 15 is 0 Å². The van der Waals surface area contributed by atoms with Gasteiger partial charge in [-0.3, -0.25) is 9.79 Å². The summed E-state index contributed by atoms with van der Waals surface area (Å²) in [6.45, 7) is 2.13. The van der Waals surface area contributed by atoms with Crippen molar-refractivity contribution >= 4 is 23.4 Å². The van der Waals surface area contributed by atoms with Crippen molar-refractivity contribution in [1.29, 1.82) is 5.26 Å². The first kappa shape index (κ1) is 23.9. The van der Waals surface area contributed by atoms with Crippen LogP contribution in [0.5, 0.6) is 0 Å². The van der Waals surface area contributed by atoms with Gasteiger partial charge in [0.05, 0.1) is 36.6 Å². The van der Waals surface area contributed by atoms with E-state index in [4.69, 9.17) is 10.00 Å². The third-order valence-corrected chi connectivity index (χ3v) is 4.81. The molecular weight excluding hydrogens is 442 g/mol. The van der Waals surface area contributed by atoms with Gasteiger partial charge in [0.25, 0.3) is 0 Å². The molecule has 0 bridgehead atoms. The van der Waals surface area contributed by atoms with Crippen molar-refractivity contribution < 1.29 is 32.2 Å². The van der Waals surface area contributed by atoms with Crippen LogP contribution in [-0.4, -0.2) is 30.1 Å². The van der Waals surface area contributed by atoms with Gasteiger partial charge in [-0.05, 0) is 42.3 Å². The molecule has 0 saturated heterocycles. The van der Waals surface area contributed by atoms with E-state index in [-0.39, 0.29) is 17.7 Å². The molecule has 10 heteroatoms. The Morgan fingerprint density at radius 2 is 2.06 bits per heavy atom. The fourth-order valence-electron chi connectivity index (χ4n) is 3.30. The first-order chi connectivity index (χ1) is 15.6. The molecule has 0 saturated carbocycles. The lowest BCUT2D eigenvalue weighted by Crippen LogP contribution is -2.17. The van der Waals surface area contributed by atoms with Crippen molar-refractivity contribution in [3.8, 4) is 6.07 Å². The Morgan fingerprint density at radius 1 is 1.30 bits per heavy atom. The second kappa shape index (κ2) is 9.83. The summed E-state index contributed by atoms with van der Waals surface area (Å²) < 4.78 is 59.5. The maximum absolute atomic E-state index is 14.7. The van der Waals surface area contributed by atoms with Gasteiger partial charge in [0.15, 0.2) is 6.23 Å². The van der Waals surface area contributed by atoms with E-state index in [2.05, 4.69) is 10.3 Å². The topological polar surface area (TPSA) is 94.7 Å². The van der Waals surface area contributed by atoms with Crippen molar-refractivity contribution in [2.45, 2.75) is 32.2 Å². The molecule has 0 fully saturated rings. The first-order valence-corrected chi connectivity index (χ1v) is 9.89. The van der Waals surface area contributed by atoms with E-state index in [0.29, 0.717) is 29.6 Å². The number of aliphatic imine (C=N–C) groups is 1. The van der Waals surface area contributed by atoms with E-state index in [0.717, 1.165) is 6.07 Å². The van der Waals surface area contributed by atoms with Crippen LogP contribution in [0.1, 0.15) is 35.6 Å². The van der Waals surface area contributed by atoms with Gasteiger partial charge in [-0.15, -0.1) is 0 Å². The largest absolute Gasteiger partial charge is 0.497 e. The van der Waals surface area contributed by atoms with Crippen LogP contribution >= 0.6 is 0 Å². The van der Waals surface area contributed by atoms with Crippen LogP contribution < -0.4 is 5.32 Å². The SMILES string of the molecule is CCOC1=C(c2ccc(CC(=O)Nc3ccc(C#N)c(C(F)(F)F)c3)c(F)c2)C=NC(O)C1. The number of hydrogen-bond acceptors (Lipinski definition) is 5. The molecule has 2 aromatic rings. The Kier molecular flexibility index (Phi) is 7.13. The number of nitrogens with zero attached hydrogens (tertiary/aromatic N) is 2. The molecule has 33 heavy (non-hydrogen) atoms. The van der Waals surface area contributed by atoms with Crippen LogP contribution in [0.3, 0.4) is 0 Å². The van der Waals surface area contributed by atoms with Crippen LogP contribution in [-0.2, 0) is 22.1 Å². The molecule has 1 aliphatic rings. The summed E-state index contributed by atoms with van der Waals surface area (Å²) in [5.41, 5.74) is -0.913. The predicted molar refractivity (Wildman–Crippen MR) is 113 cm³/mol. The molecule has 1 heterocycles. The Labute approximate surface area is 186 Å². The first-order valence-electron chi connectivity index (χ1n) is 9.89. The molecule has 1 aliphatic heterocycles. The van der Waals surface area contributed by atoms with Gasteiger partial charge in [0.2, 0.25) is 5.91 Å². The zero-order valence-corrected chi connectivity index (χ0v) is 17.4. The summed E-state index contributed by atoms with van der Waals surface area (Å²) in [7, 11) is 0.